The maximum Gasteiger partial charge on any atom is 0.331 e. The van der Waals surface area contributed by atoms with Crippen LogP contribution in [0.5, 0.6) is 0 Å². The van der Waals surface area contributed by atoms with Gasteiger partial charge in [-0.05, 0) is 25.7 Å². The van der Waals surface area contributed by atoms with Gasteiger partial charge in [-0.1, -0.05) is 153 Å². The van der Waals surface area contributed by atoms with Gasteiger partial charge in [-0.25, -0.2) is 9.59 Å². The molecule has 0 aliphatic heterocycles. The van der Waals surface area contributed by atoms with Gasteiger partial charge in [0.1, 0.15) is 19.8 Å². The Kier molecular flexibility index (Phi) is 31.5. The molecule has 0 amide bonds. The van der Waals surface area contributed by atoms with E-state index in [1.165, 1.54) is 115 Å². The Hall–Kier alpha value is -2.03. The number of nitrogens with zero attached hydrogens (tertiary/aromatic N) is 1. The minimum Gasteiger partial charge on any atom is -0.756 e. The number of hydrogen-bond donors (Lipinski definition) is 0. The van der Waals surface area contributed by atoms with E-state index in [9.17, 15) is 19.0 Å². The van der Waals surface area contributed by atoms with Crippen molar-refractivity contribution in [1.82, 2.24) is 0 Å². The average Bonchev–Trinajstić information content (AvgIpc) is 3.06. The zero-order valence-electron chi connectivity index (χ0n) is 32.3. The quantitative estimate of drug-likeness (QED) is 0.0161. The van der Waals surface area contributed by atoms with Gasteiger partial charge in [-0.15, -0.1) is 0 Å². The summed E-state index contributed by atoms with van der Waals surface area (Å²) in [4.78, 5) is 37.1. The average molecular weight is 726 g/mol. The van der Waals surface area contributed by atoms with Gasteiger partial charge >= 0.3 is 11.9 Å². The van der Waals surface area contributed by atoms with Crippen molar-refractivity contribution in [3.63, 3.8) is 0 Å². The number of phosphoric ester groups is 1. The van der Waals surface area contributed by atoms with Crippen LogP contribution >= 0.6 is 7.82 Å². The zero-order chi connectivity index (χ0) is 37.2. The Morgan fingerprint density at radius 1 is 0.620 bits per heavy atom. The molecule has 0 spiro atoms. The van der Waals surface area contributed by atoms with Gasteiger partial charge in [-0.2, -0.15) is 0 Å². The van der Waals surface area contributed by atoms with Crippen LogP contribution in [0.3, 0.4) is 0 Å². The number of rotatable bonds is 34. The third kappa shape index (κ3) is 35.8. The van der Waals surface area contributed by atoms with Gasteiger partial charge in [0, 0.05) is 12.2 Å². The monoisotopic (exact) mass is 725 g/mol. The maximum absolute atomic E-state index is 12.5. The van der Waals surface area contributed by atoms with Crippen molar-refractivity contribution >= 4 is 19.8 Å². The molecular formula is C40H72NO8P. The number of esters is 2. The molecular weight excluding hydrogens is 653 g/mol. The van der Waals surface area contributed by atoms with Crippen molar-refractivity contribution in [3.05, 3.63) is 48.6 Å². The van der Waals surface area contributed by atoms with Crippen LogP contribution in [-0.2, 0) is 32.7 Å². The Bertz CT molecular complexity index is 1000. The molecule has 0 bridgehead atoms. The standard InChI is InChI=1S/C40H72NO8P/c1-6-8-10-12-14-16-18-20-22-24-26-28-30-32-39(42)46-36-38(37-48-50(44,45)47-35-34-41(3,4)5)49-40(43)33-31-29-27-25-23-21-19-17-15-13-11-9-7-2/h26-33,38H,6-25,34-37H2,1-5H3/b28-26-,29-27-,32-30-,33-31-/t38-/m1/s1. The molecule has 0 rings (SSSR count). The van der Waals surface area contributed by atoms with E-state index in [2.05, 4.69) is 13.8 Å². The van der Waals surface area contributed by atoms with Gasteiger partial charge in [0.2, 0.25) is 0 Å². The van der Waals surface area contributed by atoms with Crippen LogP contribution in [-0.4, -0.2) is 70.0 Å². The van der Waals surface area contributed by atoms with Crippen molar-refractivity contribution in [1.29, 1.82) is 0 Å². The Morgan fingerprint density at radius 2 is 1.06 bits per heavy atom. The summed E-state index contributed by atoms with van der Waals surface area (Å²) in [7, 11) is 1.06. The normalized spacial score (nSPS) is 14.3. The second-order valence-electron chi connectivity index (χ2n) is 14.1. The van der Waals surface area contributed by atoms with Crippen LogP contribution in [0.2, 0.25) is 0 Å². The topological polar surface area (TPSA) is 111 Å². The number of carbonyl (C=O) groups is 2. The van der Waals surface area contributed by atoms with Crippen LogP contribution < -0.4 is 4.89 Å². The van der Waals surface area contributed by atoms with Crippen LogP contribution in [0, 0.1) is 0 Å². The Morgan fingerprint density at radius 3 is 1.52 bits per heavy atom. The second-order valence-corrected chi connectivity index (χ2v) is 15.5. The molecule has 0 saturated heterocycles. The van der Waals surface area contributed by atoms with E-state index in [-0.39, 0.29) is 13.2 Å². The van der Waals surface area contributed by atoms with Crippen LogP contribution in [0.4, 0.5) is 0 Å². The third-order valence-electron chi connectivity index (χ3n) is 8.03. The summed E-state index contributed by atoms with van der Waals surface area (Å²) in [6.07, 6.45) is 36.9. The highest BCUT2D eigenvalue weighted by atomic mass is 31.2. The molecule has 50 heavy (non-hydrogen) atoms. The smallest absolute Gasteiger partial charge is 0.331 e. The van der Waals surface area contributed by atoms with Crippen molar-refractivity contribution in [3.8, 4) is 0 Å². The van der Waals surface area contributed by atoms with Crippen molar-refractivity contribution in [2.75, 3.05) is 47.5 Å². The van der Waals surface area contributed by atoms with Gasteiger partial charge in [0.15, 0.2) is 6.10 Å². The first kappa shape index (κ1) is 48.0. The molecule has 9 nitrogen and oxygen atoms in total. The molecule has 2 atom stereocenters. The molecule has 10 heteroatoms. The highest BCUT2D eigenvalue weighted by molar-refractivity contribution is 7.45. The fraction of sp³-hybridized carbons (Fsp3) is 0.750. The molecule has 0 aliphatic carbocycles. The first-order chi connectivity index (χ1) is 24.0. The first-order valence-electron chi connectivity index (χ1n) is 19.4. The van der Waals surface area contributed by atoms with Crippen LogP contribution in [0.15, 0.2) is 48.6 Å². The van der Waals surface area contributed by atoms with E-state index < -0.39 is 32.5 Å². The number of carbonyl (C=O) groups excluding carboxylic acids is 2. The summed E-state index contributed by atoms with van der Waals surface area (Å²) in [6, 6.07) is 0. The molecule has 1 unspecified atom stereocenters. The van der Waals surface area contributed by atoms with Crippen molar-refractivity contribution in [2.45, 2.75) is 148 Å². The summed E-state index contributed by atoms with van der Waals surface area (Å²) >= 11 is 0. The zero-order valence-corrected chi connectivity index (χ0v) is 33.2. The number of likely N-dealkylation sites (N-methyl/N-ethyl adjacent to an activating group) is 1. The molecule has 0 aromatic rings. The lowest BCUT2D eigenvalue weighted by molar-refractivity contribution is -0.870. The van der Waals surface area contributed by atoms with Crippen LogP contribution in [0.25, 0.3) is 0 Å². The maximum atomic E-state index is 12.5. The Labute approximate surface area is 305 Å². The number of hydrogen-bond acceptors (Lipinski definition) is 8. The van der Waals surface area contributed by atoms with E-state index in [1.807, 2.05) is 39.4 Å². The van der Waals surface area contributed by atoms with Crippen molar-refractivity contribution in [2.24, 2.45) is 0 Å². The number of unbranched alkanes of at least 4 members (excludes halogenated alkanes) is 18. The number of ether oxygens (including phenoxy) is 2. The highest BCUT2D eigenvalue weighted by Crippen LogP contribution is 2.38. The minimum absolute atomic E-state index is 0.0602. The summed E-state index contributed by atoms with van der Waals surface area (Å²) in [5.74, 6) is -1.35. The SMILES string of the molecule is CCCCCCCCCCC/C=C\C=C/C(=O)OC[C@H](COP(=O)([O-])OCC[N+](C)(C)C)OC(=O)/C=C\C=C/CCCCCCCCCCC. The molecule has 0 saturated carbocycles. The predicted octanol–water partition coefficient (Wildman–Crippen LogP) is 9.72. The number of quaternary nitrogens is 1. The lowest BCUT2D eigenvalue weighted by atomic mass is 10.1. The van der Waals surface area contributed by atoms with Gasteiger partial charge < -0.3 is 27.9 Å². The van der Waals surface area contributed by atoms with E-state index in [1.54, 1.807) is 18.2 Å². The number of allylic oxidation sites excluding steroid dienone is 6. The molecule has 0 aromatic heterocycles. The summed E-state index contributed by atoms with van der Waals surface area (Å²) in [6.45, 7) is 3.93. The number of phosphoric acid groups is 1. The lowest BCUT2D eigenvalue weighted by Gasteiger charge is -2.28. The first-order valence-corrected chi connectivity index (χ1v) is 20.9. The molecule has 0 heterocycles. The molecule has 0 aliphatic rings. The van der Waals surface area contributed by atoms with Gasteiger partial charge in [0.25, 0.3) is 7.82 Å². The Balaban J connectivity index is 4.67. The minimum atomic E-state index is -4.66. The molecule has 0 aromatic carbocycles. The second kappa shape index (κ2) is 32.8. The van der Waals surface area contributed by atoms with Crippen LogP contribution in [0.1, 0.15) is 142 Å². The van der Waals surface area contributed by atoms with Crippen molar-refractivity contribution < 1.29 is 42.1 Å². The van der Waals surface area contributed by atoms with Gasteiger partial charge in [0.05, 0.1) is 27.7 Å². The van der Waals surface area contributed by atoms with E-state index in [0.29, 0.717) is 11.0 Å². The molecule has 0 N–H and O–H groups in total. The summed E-state index contributed by atoms with van der Waals surface area (Å²) in [5, 5.41) is 0. The largest absolute Gasteiger partial charge is 0.756 e. The molecule has 0 fully saturated rings. The lowest BCUT2D eigenvalue weighted by Crippen LogP contribution is -2.37. The fourth-order valence-electron chi connectivity index (χ4n) is 4.94. The summed E-state index contributed by atoms with van der Waals surface area (Å²) < 4.78 is 33.3. The van der Waals surface area contributed by atoms with E-state index >= 15 is 0 Å². The van der Waals surface area contributed by atoms with E-state index in [0.717, 1.165) is 25.7 Å². The summed E-state index contributed by atoms with van der Waals surface area (Å²) in [5.41, 5.74) is 0. The highest BCUT2D eigenvalue weighted by Gasteiger charge is 2.20. The third-order valence-corrected chi connectivity index (χ3v) is 9.00. The van der Waals surface area contributed by atoms with E-state index in [4.69, 9.17) is 18.5 Å². The predicted molar refractivity (Wildman–Crippen MR) is 203 cm³/mol. The molecule has 290 valence electrons. The van der Waals surface area contributed by atoms with Gasteiger partial charge in [-0.3, -0.25) is 4.57 Å². The molecule has 0 radical (unpaired) electrons. The fourth-order valence-corrected chi connectivity index (χ4v) is 5.67.